The van der Waals surface area contributed by atoms with E-state index in [0.29, 0.717) is 6.67 Å². The van der Waals surface area contributed by atoms with Gasteiger partial charge in [-0.3, -0.25) is 5.73 Å². The number of halogens is 1. The van der Waals surface area contributed by atoms with E-state index >= 15 is 0 Å². The zero-order chi connectivity index (χ0) is 9.52. The van der Waals surface area contributed by atoms with E-state index < -0.39 is 0 Å². The minimum absolute atomic E-state index is 0. The minimum Gasteiger partial charge on any atom is -1.00 e. The molecule has 0 radical (unpaired) electrons. The van der Waals surface area contributed by atoms with Crippen molar-refractivity contribution in [1.29, 1.82) is 0 Å². The van der Waals surface area contributed by atoms with Crippen molar-refractivity contribution in [1.82, 2.24) is 4.57 Å². The fourth-order valence-corrected chi connectivity index (χ4v) is 1.49. The van der Waals surface area contributed by atoms with Crippen molar-refractivity contribution < 1.29 is 21.5 Å². The van der Waals surface area contributed by atoms with Crippen molar-refractivity contribution >= 4 is 12.6 Å². The first kappa shape index (κ1) is 14.0. The summed E-state index contributed by atoms with van der Waals surface area (Å²) in [7, 11) is 0. The highest BCUT2D eigenvalue weighted by molar-refractivity contribution is 7.80. The Morgan fingerprint density at radius 2 is 2.07 bits per heavy atom. The summed E-state index contributed by atoms with van der Waals surface area (Å²) in [6.45, 7) is 1.64. The fraction of sp³-hybridized carbons (Fsp3) is 0.667. The number of imidazole rings is 1. The average Bonchev–Trinajstić information content (AvgIpc) is 2.60. The molecule has 0 atom stereocenters. The van der Waals surface area contributed by atoms with E-state index in [4.69, 9.17) is 5.73 Å². The summed E-state index contributed by atoms with van der Waals surface area (Å²) < 4.78 is 4.14. The number of nitrogens with zero attached hydrogens (tertiary/aromatic N) is 2. The molecule has 3 nitrogen and oxygen atoms in total. The molecule has 82 valence electrons. The predicted molar refractivity (Wildman–Crippen MR) is 56.5 cm³/mol. The van der Waals surface area contributed by atoms with Gasteiger partial charge in [-0.1, -0.05) is 0 Å². The quantitative estimate of drug-likeness (QED) is 0.346. The Morgan fingerprint density at radius 3 is 2.64 bits per heavy atom. The minimum atomic E-state index is 0. The van der Waals surface area contributed by atoms with Crippen LogP contribution in [-0.2, 0) is 13.2 Å². The summed E-state index contributed by atoms with van der Waals surface area (Å²) >= 11 is 4.17. The molecule has 1 heterocycles. The van der Waals surface area contributed by atoms with E-state index in [1.807, 2.05) is 17.1 Å². The number of nitrogens with two attached hydrogens (primary N) is 1. The van der Waals surface area contributed by atoms with Crippen molar-refractivity contribution in [3.05, 3.63) is 18.7 Å². The van der Waals surface area contributed by atoms with E-state index in [1.54, 1.807) is 0 Å². The zero-order valence-electron chi connectivity index (χ0n) is 8.27. The van der Waals surface area contributed by atoms with E-state index in [1.165, 1.54) is 19.3 Å². The lowest BCUT2D eigenvalue weighted by atomic mass is 10.2. The van der Waals surface area contributed by atoms with Crippen LogP contribution in [0.3, 0.4) is 0 Å². The van der Waals surface area contributed by atoms with Crippen molar-refractivity contribution in [2.75, 3.05) is 5.75 Å². The van der Waals surface area contributed by atoms with Gasteiger partial charge in [0.1, 0.15) is 19.1 Å². The Balaban J connectivity index is 0.00000169. The standard InChI is InChI=1S/C9H17N3S.BrH/c10-8-12-6-5-11(9-12)4-2-1-3-7-13;/h5-6,9H,1-4,7-8,10H2;1H. The van der Waals surface area contributed by atoms with Gasteiger partial charge in [0.05, 0.1) is 6.54 Å². The molecule has 0 aromatic carbocycles. The number of rotatable bonds is 6. The van der Waals surface area contributed by atoms with Crippen LogP contribution in [0.2, 0.25) is 0 Å². The van der Waals surface area contributed by atoms with Crippen LogP contribution in [0.5, 0.6) is 0 Å². The summed E-state index contributed by atoms with van der Waals surface area (Å²) in [6.07, 6.45) is 9.79. The topological polar surface area (TPSA) is 34.8 Å². The Labute approximate surface area is 101 Å². The Hall–Kier alpha value is 0. The van der Waals surface area contributed by atoms with Crippen LogP contribution in [0.4, 0.5) is 0 Å². The Kier molecular flexibility index (Phi) is 8.32. The van der Waals surface area contributed by atoms with Gasteiger partial charge in [-0.05, 0) is 25.0 Å². The number of hydrogen-bond donors (Lipinski definition) is 2. The van der Waals surface area contributed by atoms with Gasteiger partial charge in [-0.2, -0.15) is 12.6 Å². The second kappa shape index (κ2) is 8.32. The molecule has 0 unspecified atom stereocenters. The molecule has 0 saturated heterocycles. The Bertz CT molecular complexity index is 240. The fourth-order valence-electron chi connectivity index (χ4n) is 1.26. The number of aryl methyl sites for hydroxylation is 1. The molecule has 1 rings (SSSR count). The molecule has 0 bridgehead atoms. The smallest absolute Gasteiger partial charge is 0.244 e. The SMILES string of the molecule is NCn1cc[n+](CCCCCS)c1.[Br-]. The first-order valence-corrected chi connectivity index (χ1v) is 5.36. The van der Waals surface area contributed by atoms with Crippen molar-refractivity contribution in [2.45, 2.75) is 32.5 Å². The average molecular weight is 280 g/mol. The molecule has 0 aliphatic heterocycles. The van der Waals surface area contributed by atoms with Crippen molar-refractivity contribution in [3.63, 3.8) is 0 Å². The van der Waals surface area contributed by atoms with E-state index in [0.717, 1.165) is 12.3 Å². The molecule has 1 aromatic heterocycles. The molecule has 0 aliphatic carbocycles. The summed E-state index contributed by atoms with van der Waals surface area (Å²) in [5.41, 5.74) is 5.48. The zero-order valence-corrected chi connectivity index (χ0v) is 10.8. The van der Waals surface area contributed by atoms with Crippen LogP contribution in [0, 0.1) is 0 Å². The van der Waals surface area contributed by atoms with Crippen LogP contribution in [0.15, 0.2) is 18.7 Å². The summed E-state index contributed by atoms with van der Waals surface area (Å²) in [5.74, 6) is 0.995. The molecule has 0 fully saturated rings. The Morgan fingerprint density at radius 1 is 1.29 bits per heavy atom. The van der Waals surface area contributed by atoms with Gasteiger partial charge in [-0.25, -0.2) is 9.13 Å². The first-order valence-electron chi connectivity index (χ1n) is 4.72. The van der Waals surface area contributed by atoms with Crippen LogP contribution >= 0.6 is 12.6 Å². The summed E-state index contributed by atoms with van der Waals surface area (Å²) in [5, 5.41) is 0. The lowest BCUT2D eigenvalue weighted by Gasteiger charge is -1.95. The first-order chi connectivity index (χ1) is 6.36. The van der Waals surface area contributed by atoms with Crippen LogP contribution in [0.25, 0.3) is 0 Å². The highest BCUT2D eigenvalue weighted by atomic mass is 79.9. The summed E-state index contributed by atoms with van der Waals surface area (Å²) in [6, 6.07) is 0. The van der Waals surface area contributed by atoms with Gasteiger partial charge in [0, 0.05) is 0 Å². The maximum atomic E-state index is 5.48. The third-order valence-electron chi connectivity index (χ3n) is 2.03. The maximum absolute atomic E-state index is 5.48. The monoisotopic (exact) mass is 279 g/mol. The van der Waals surface area contributed by atoms with Crippen LogP contribution in [-0.4, -0.2) is 10.3 Å². The number of hydrogen-bond acceptors (Lipinski definition) is 2. The van der Waals surface area contributed by atoms with E-state index in [-0.39, 0.29) is 17.0 Å². The van der Waals surface area contributed by atoms with Gasteiger partial charge in [-0.15, -0.1) is 0 Å². The van der Waals surface area contributed by atoms with Crippen molar-refractivity contribution in [2.24, 2.45) is 5.73 Å². The number of unbranched alkanes of at least 4 members (excludes halogenated alkanes) is 2. The van der Waals surface area contributed by atoms with Gasteiger partial charge in [0.2, 0.25) is 6.33 Å². The molecular formula is C9H18BrN3S. The summed E-state index contributed by atoms with van der Waals surface area (Å²) in [4.78, 5) is 0. The normalized spacial score (nSPS) is 9.86. The van der Waals surface area contributed by atoms with Gasteiger partial charge in [0.15, 0.2) is 0 Å². The molecule has 2 N–H and O–H groups in total. The largest absolute Gasteiger partial charge is 1.00 e. The predicted octanol–water partition coefficient (Wildman–Crippen LogP) is -2.20. The third kappa shape index (κ3) is 5.02. The van der Waals surface area contributed by atoms with Gasteiger partial charge in [0.25, 0.3) is 0 Å². The molecular weight excluding hydrogens is 262 g/mol. The van der Waals surface area contributed by atoms with Gasteiger partial charge < -0.3 is 17.0 Å². The molecule has 0 spiro atoms. The molecule has 14 heavy (non-hydrogen) atoms. The maximum Gasteiger partial charge on any atom is 0.244 e. The lowest BCUT2D eigenvalue weighted by Crippen LogP contribution is -3.00. The molecule has 5 heteroatoms. The molecule has 0 amide bonds. The molecule has 1 aromatic rings. The van der Waals surface area contributed by atoms with Crippen LogP contribution in [0.1, 0.15) is 19.3 Å². The molecule has 0 aliphatic rings. The third-order valence-corrected chi connectivity index (χ3v) is 2.35. The highest BCUT2D eigenvalue weighted by Gasteiger charge is 2.00. The van der Waals surface area contributed by atoms with Crippen LogP contribution < -0.4 is 27.3 Å². The second-order valence-corrected chi connectivity index (χ2v) is 3.58. The molecule has 0 saturated carbocycles. The second-order valence-electron chi connectivity index (χ2n) is 3.13. The highest BCUT2D eigenvalue weighted by Crippen LogP contribution is 1.96. The van der Waals surface area contributed by atoms with Gasteiger partial charge >= 0.3 is 0 Å². The number of aromatic nitrogens is 2. The van der Waals surface area contributed by atoms with E-state index in [2.05, 4.69) is 23.4 Å². The van der Waals surface area contributed by atoms with Crippen molar-refractivity contribution in [3.8, 4) is 0 Å². The van der Waals surface area contributed by atoms with E-state index in [9.17, 15) is 0 Å². The lowest BCUT2D eigenvalue weighted by molar-refractivity contribution is -0.696. The number of thiol groups is 1.